The molecule has 3 heterocycles. The van der Waals surface area contributed by atoms with E-state index in [0.717, 1.165) is 18.4 Å². The molecule has 1 atom stereocenters. The van der Waals surface area contributed by atoms with Crippen LogP contribution in [0, 0.1) is 5.92 Å². The highest BCUT2D eigenvalue weighted by Gasteiger charge is 2.41. The monoisotopic (exact) mass is 455 g/mol. The summed E-state index contributed by atoms with van der Waals surface area (Å²) in [6.45, 7) is 2.29. The maximum atomic E-state index is 13.0. The van der Waals surface area contributed by atoms with Crippen molar-refractivity contribution in [3.05, 3.63) is 40.0 Å². The van der Waals surface area contributed by atoms with E-state index in [0.29, 0.717) is 34.4 Å². The molecule has 1 aromatic heterocycles. The van der Waals surface area contributed by atoms with Crippen molar-refractivity contribution in [2.24, 2.45) is 5.92 Å². The lowest BCUT2D eigenvalue weighted by atomic mass is 9.57. The van der Waals surface area contributed by atoms with Crippen LogP contribution in [-0.2, 0) is 11.3 Å². The highest BCUT2D eigenvalue weighted by molar-refractivity contribution is 6.43. The summed E-state index contributed by atoms with van der Waals surface area (Å²) >= 11 is 6.48. The number of rotatable bonds is 4. The summed E-state index contributed by atoms with van der Waals surface area (Å²) in [4.78, 5) is 29.0. The molecule has 7 nitrogen and oxygen atoms in total. The predicted octanol–water partition coefficient (Wildman–Crippen LogP) is 1.20. The molecule has 160 valence electrons. The Kier molecular flexibility index (Phi) is 5.29. The van der Waals surface area contributed by atoms with Gasteiger partial charge < -0.3 is 19.1 Å². The van der Waals surface area contributed by atoms with E-state index in [9.17, 15) is 9.59 Å². The average molecular weight is 455 g/mol. The number of fused-ring (bicyclic) bond motifs is 1. The molecule has 2 aromatic rings. The topological polar surface area (TPSA) is 75.9 Å². The van der Waals surface area contributed by atoms with Gasteiger partial charge >= 0.3 is 0 Å². The van der Waals surface area contributed by atoms with Gasteiger partial charge in [-0.2, -0.15) is 0 Å². The Bertz CT molecular complexity index is 1130. The summed E-state index contributed by atoms with van der Waals surface area (Å²) in [6, 6.07) is 5.14. The van der Waals surface area contributed by atoms with Crippen molar-refractivity contribution in [3.8, 4) is 11.3 Å². The van der Waals surface area contributed by atoms with Crippen LogP contribution in [-0.4, -0.2) is 88.1 Å². The van der Waals surface area contributed by atoms with Gasteiger partial charge in [0.15, 0.2) is 11.5 Å². The molecule has 1 aliphatic carbocycles. The number of morpholine rings is 1. The Morgan fingerprint density at radius 3 is 2.48 bits per heavy atom. The van der Waals surface area contributed by atoms with E-state index in [1.165, 1.54) is 11.0 Å². The SMILES string of the molecule is [B]C1([B])CN(C(=O)c2cc(-c3cc(Cl)c4c(c3)CN(C(C)C3CC3)C4=O)on2)CC([B])([B])O1. The summed E-state index contributed by atoms with van der Waals surface area (Å²) < 4.78 is 10.6. The number of benzene rings is 1. The highest BCUT2D eigenvalue weighted by atomic mass is 35.5. The van der Waals surface area contributed by atoms with Crippen molar-refractivity contribution in [2.45, 2.75) is 43.2 Å². The van der Waals surface area contributed by atoms with Gasteiger partial charge in [-0.1, -0.05) is 16.8 Å². The Morgan fingerprint density at radius 1 is 1.18 bits per heavy atom. The second kappa shape index (κ2) is 7.70. The lowest BCUT2D eigenvalue weighted by Crippen LogP contribution is -2.64. The molecule has 12 heteroatoms. The molecule has 8 radical (unpaired) electrons. The van der Waals surface area contributed by atoms with Crippen LogP contribution in [0.2, 0.25) is 5.02 Å². The lowest BCUT2D eigenvalue weighted by Gasteiger charge is -2.48. The third kappa shape index (κ3) is 4.26. The van der Waals surface area contributed by atoms with E-state index in [4.69, 9.17) is 52.2 Å². The van der Waals surface area contributed by atoms with E-state index in [2.05, 4.69) is 12.1 Å². The molecule has 2 amide bonds. The number of halogens is 1. The number of ether oxygens (including phenoxy) is 1. The minimum absolute atomic E-state index is 0.0233. The van der Waals surface area contributed by atoms with Gasteiger partial charge in [-0.3, -0.25) is 9.59 Å². The average Bonchev–Trinajstić information content (AvgIpc) is 3.34. The quantitative estimate of drug-likeness (QED) is 0.649. The molecule has 0 bridgehead atoms. The van der Waals surface area contributed by atoms with Crippen LogP contribution in [0.4, 0.5) is 0 Å². The van der Waals surface area contributed by atoms with Gasteiger partial charge in [0.25, 0.3) is 11.8 Å². The summed E-state index contributed by atoms with van der Waals surface area (Å²) in [5.74, 6) is 0.309. The van der Waals surface area contributed by atoms with Crippen LogP contribution in [0.15, 0.2) is 22.7 Å². The minimum Gasteiger partial charge on any atom is -0.403 e. The Morgan fingerprint density at radius 2 is 1.85 bits per heavy atom. The van der Waals surface area contributed by atoms with Crippen LogP contribution < -0.4 is 0 Å². The van der Waals surface area contributed by atoms with Gasteiger partial charge in [0.1, 0.15) is 31.4 Å². The van der Waals surface area contributed by atoms with Crippen LogP contribution >= 0.6 is 11.6 Å². The molecule has 1 unspecified atom stereocenters. The number of aromatic nitrogens is 1. The van der Waals surface area contributed by atoms with Gasteiger partial charge in [-0.25, -0.2) is 0 Å². The summed E-state index contributed by atoms with van der Waals surface area (Å²) in [5, 5.41) is 0.819. The second-order valence-electron chi connectivity index (χ2n) is 9.25. The number of hydrogen-bond acceptors (Lipinski definition) is 5. The van der Waals surface area contributed by atoms with Crippen molar-refractivity contribution >= 4 is 54.8 Å². The molecule has 0 spiro atoms. The number of carbonyl (C=O) groups excluding carboxylic acids is 2. The standard InChI is InChI=1S/C21H18B4ClN3O4/c1-10(11-2-3-11)29-7-13-4-12(5-14(26)17(13)19(29)31)16-6-15(27-32-16)18(30)28-8-20(22,23)33-21(24,25)9-28/h4-6,10-11H,2-3,7-9H2,1H3. The van der Waals surface area contributed by atoms with Gasteiger partial charge in [0.05, 0.1) is 10.6 Å². The van der Waals surface area contributed by atoms with Gasteiger partial charge in [0, 0.05) is 48.1 Å². The molecule has 1 aromatic carbocycles. The first kappa shape index (κ1) is 22.7. The summed E-state index contributed by atoms with van der Waals surface area (Å²) in [5.41, 5.74) is 1.97. The Hall–Kier alpha value is -2.12. The predicted molar refractivity (Wildman–Crippen MR) is 124 cm³/mol. The maximum absolute atomic E-state index is 13.0. The molecule has 1 saturated carbocycles. The van der Waals surface area contributed by atoms with E-state index in [-0.39, 0.29) is 30.7 Å². The molecule has 2 fully saturated rings. The number of nitrogens with zero attached hydrogens (tertiary/aromatic N) is 3. The van der Waals surface area contributed by atoms with Crippen molar-refractivity contribution in [2.75, 3.05) is 13.1 Å². The van der Waals surface area contributed by atoms with Crippen LogP contribution in [0.25, 0.3) is 11.3 Å². The van der Waals surface area contributed by atoms with Crippen molar-refractivity contribution < 1.29 is 18.8 Å². The van der Waals surface area contributed by atoms with E-state index >= 15 is 0 Å². The normalized spacial score (nSPS) is 22.3. The zero-order chi connectivity index (χ0) is 23.7. The molecular formula is C21H18B4ClN3O4. The lowest BCUT2D eigenvalue weighted by molar-refractivity contribution is -0.0464. The Labute approximate surface area is 202 Å². The fourth-order valence-electron chi connectivity index (χ4n) is 4.62. The zero-order valence-electron chi connectivity index (χ0n) is 18.1. The fraction of sp³-hybridized carbons (Fsp3) is 0.476. The third-order valence-corrected chi connectivity index (χ3v) is 6.64. The first-order chi connectivity index (χ1) is 15.4. The van der Waals surface area contributed by atoms with Gasteiger partial charge in [0.2, 0.25) is 0 Å². The molecule has 5 rings (SSSR count). The largest absolute Gasteiger partial charge is 0.403 e. The smallest absolute Gasteiger partial charge is 0.276 e. The summed E-state index contributed by atoms with van der Waals surface area (Å²) in [7, 11) is 23.2. The molecule has 1 saturated heterocycles. The summed E-state index contributed by atoms with van der Waals surface area (Å²) in [6.07, 6.45) is 2.28. The molecule has 0 N–H and O–H groups in total. The number of hydrogen-bond donors (Lipinski definition) is 0. The highest BCUT2D eigenvalue weighted by Crippen LogP contribution is 2.41. The number of amides is 2. The Balaban J connectivity index is 1.39. The molecule has 2 aliphatic heterocycles. The van der Waals surface area contributed by atoms with E-state index < -0.39 is 16.7 Å². The minimum atomic E-state index is -1.70. The molecular weight excluding hydrogens is 437 g/mol. The third-order valence-electron chi connectivity index (χ3n) is 6.34. The first-order valence-corrected chi connectivity index (χ1v) is 11.1. The zero-order valence-corrected chi connectivity index (χ0v) is 18.8. The van der Waals surface area contributed by atoms with E-state index in [1.54, 1.807) is 6.07 Å². The first-order valence-electron chi connectivity index (χ1n) is 10.7. The van der Waals surface area contributed by atoms with Gasteiger partial charge in [-0.15, -0.1) is 0 Å². The molecule has 33 heavy (non-hydrogen) atoms. The van der Waals surface area contributed by atoms with Crippen LogP contribution in [0.3, 0.4) is 0 Å². The van der Waals surface area contributed by atoms with Crippen LogP contribution in [0.1, 0.15) is 46.2 Å². The van der Waals surface area contributed by atoms with Crippen molar-refractivity contribution in [1.29, 1.82) is 0 Å². The molecule has 3 aliphatic rings. The van der Waals surface area contributed by atoms with E-state index in [1.807, 2.05) is 11.0 Å². The van der Waals surface area contributed by atoms with Crippen molar-refractivity contribution in [1.82, 2.24) is 15.0 Å². The fourth-order valence-corrected chi connectivity index (χ4v) is 4.94. The van der Waals surface area contributed by atoms with Crippen LogP contribution in [0.5, 0.6) is 0 Å². The van der Waals surface area contributed by atoms with Gasteiger partial charge in [-0.05, 0) is 43.4 Å². The second-order valence-corrected chi connectivity index (χ2v) is 9.66. The van der Waals surface area contributed by atoms with Crippen molar-refractivity contribution in [3.63, 3.8) is 0 Å². The maximum Gasteiger partial charge on any atom is 0.276 e. The number of carbonyl (C=O) groups is 2.